The van der Waals surface area contributed by atoms with Crippen molar-refractivity contribution in [2.24, 2.45) is 16.6 Å². The molecule has 2 heterocycles. The molecule has 1 aromatic heterocycles. The summed E-state index contributed by atoms with van der Waals surface area (Å²) >= 11 is 1.78. The number of aliphatic imine (C=N–C) groups is 1. The summed E-state index contributed by atoms with van der Waals surface area (Å²) in [7, 11) is 0. The first kappa shape index (κ1) is 30.1. The van der Waals surface area contributed by atoms with Gasteiger partial charge in [-0.15, -0.1) is 11.3 Å². The van der Waals surface area contributed by atoms with Crippen LogP contribution < -0.4 is 10.5 Å². The molecule has 3 aliphatic rings. The van der Waals surface area contributed by atoms with Gasteiger partial charge in [-0.25, -0.2) is 9.98 Å². The van der Waals surface area contributed by atoms with Crippen molar-refractivity contribution in [2.75, 3.05) is 13.1 Å². The van der Waals surface area contributed by atoms with Gasteiger partial charge in [-0.1, -0.05) is 56.7 Å². The average molecular weight is 600 g/mol. The second-order valence-electron chi connectivity index (χ2n) is 12.8. The quantitative estimate of drug-likeness (QED) is 0.226. The molecule has 2 aliphatic carbocycles. The first-order chi connectivity index (χ1) is 21.1. The average Bonchev–Trinajstić information content (AvgIpc) is 3.47. The molecular weight excluding hydrogens is 550 g/mol. The van der Waals surface area contributed by atoms with E-state index in [9.17, 15) is 0 Å². The highest BCUT2D eigenvalue weighted by Gasteiger charge is 2.32. The monoisotopic (exact) mass is 599 g/mol. The van der Waals surface area contributed by atoms with Crippen LogP contribution in [0.5, 0.6) is 11.5 Å². The molecule has 2 saturated carbocycles. The fourth-order valence-corrected chi connectivity index (χ4v) is 8.24. The summed E-state index contributed by atoms with van der Waals surface area (Å²) in [5.41, 5.74) is 10.2. The molecule has 0 amide bonds. The summed E-state index contributed by atoms with van der Waals surface area (Å²) in [6.45, 7) is 5.19. The van der Waals surface area contributed by atoms with Crippen LogP contribution >= 0.6 is 11.3 Å². The number of nitrogens with zero attached hydrogens (tertiary/aromatic N) is 4. The molecule has 0 unspecified atom stereocenters. The Bertz CT molecular complexity index is 1330. The molecule has 0 bridgehead atoms. The lowest BCUT2D eigenvalue weighted by atomic mass is 9.81. The van der Waals surface area contributed by atoms with E-state index < -0.39 is 0 Å². The van der Waals surface area contributed by atoms with Crippen LogP contribution in [0.15, 0.2) is 58.9 Å². The van der Waals surface area contributed by atoms with E-state index in [-0.39, 0.29) is 0 Å². The van der Waals surface area contributed by atoms with Crippen LogP contribution in [0.3, 0.4) is 0 Å². The summed E-state index contributed by atoms with van der Waals surface area (Å²) in [6, 6.07) is 17.4. The third-order valence-electron chi connectivity index (χ3n) is 9.85. The first-order valence-electron chi connectivity index (χ1n) is 16.7. The van der Waals surface area contributed by atoms with Crippen molar-refractivity contribution < 1.29 is 4.74 Å². The molecule has 2 N–H and O–H groups in total. The van der Waals surface area contributed by atoms with Gasteiger partial charge in [0.15, 0.2) is 5.96 Å². The minimum atomic E-state index is 0.422. The lowest BCUT2D eigenvalue weighted by Crippen LogP contribution is -2.49. The van der Waals surface area contributed by atoms with Gasteiger partial charge in [0.25, 0.3) is 0 Å². The molecule has 3 aromatic rings. The molecule has 230 valence electrons. The van der Waals surface area contributed by atoms with Crippen molar-refractivity contribution in [1.82, 2.24) is 14.8 Å². The van der Waals surface area contributed by atoms with Crippen LogP contribution in [0.1, 0.15) is 93.3 Å². The minimum absolute atomic E-state index is 0.422. The highest BCUT2D eigenvalue weighted by Crippen LogP contribution is 2.37. The van der Waals surface area contributed by atoms with Gasteiger partial charge in [-0.3, -0.25) is 4.90 Å². The highest BCUT2D eigenvalue weighted by atomic mass is 32.1. The molecule has 0 radical (unpaired) electrons. The van der Waals surface area contributed by atoms with Gasteiger partial charge in [0.2, 0.25) is 0 Å². The van der Waals surface area contributed by atoms with Crippen molar-refractivity contribution >= 4 is 23.0 Å². The molecule has 1 aliphatic heterocycles. The van der Waals surface area contributed by atoms with Crippen molar-refractivity contribution in [3.05, 3.63) is 70.2 Å². The predicted octanol–water partition coefficient (Wildman–Crippen LogP) is 8.61. The Labute approximate surface area is 262 Å². The van der Waals surface area contributed by atoms with E-state index in [1.165, 1.54) is 86.9 Å². The lowest BCUT2D eigenvalue weighted by Gasteiger charge is -2.42. The number of hydrogen-bond acceptors (Lipinski definition) is 7. The number of ether oxygens (including phenoxy) is 1. The summed E-state index contributed by atoms with van der Waals surface area (Å²) in [5.74, 6) is 3.07. The molecule has 0 spiro atoms. The zero-order valence-corrected chi connectivity index (χ0v) is 26.7. The van der Waals surface area contributed by atoms with E-state index >= 15 is 0 Å². The molecule has 43 heavy (non-hydrogen) atoms. The number of hydrogen-bond donors (Lipinski definition) is 1. The Morgan fingerprint density at radius 1 is 0.953 bits per heavy atom. The number of fused-ring (bicyclic) bond motifs is 1. The summed E-state index contributed by atoms with van der Waals surface area (Å²) < 4.78 is 6.18. The van der Waals surface area contributed by atoms with E-state index in [1.807, 2.05) is 36.4 Å². The molecule has 6 rings (SSSR count). The molecule has 1 atom stereocenters. The standard InChI is InChI=1S/C36H49N5OS/c1-27-38-30(26-43-27)21-23-40(31-14-7-3-8-15-31)22-11-18-35(28-12-5-2-6-13-28)41-25-29-24-33(19-20-34(29)39-36(41)37)42-32-16-9-4-10-17-32/h4,9-10,16-17,19-20,24,26,28,31,35H,2-3,5-8,11-15,18,21-23,25H2,1H3,(H2,37,39)/t35-/m0/s1. The summed E-state index contributed by atoms with van der Waals surface area (Å²) in [5, 5.41) is 3.43. The minimum Gasteiger partial charge on any atom is -0.457 e. The van der Waals surface area contributed by atoms with E-state index in [4.69, 9.17) is 20.4 Å². The third kappa shape index (κ3) is 7.98. The van der Waals surface area contributed by atoms with Crippen LogP contribution in [0.25, 0.3) is 0 Å². The van der Waals surface area contributed by atoms with Crippen LogP contribution in [0.4, 0.5) is 5.69 Å². The smallest absolute Gasteiger partial charge is 0.197 e. The Morgan fingerprint density at radius 3 is 2.47 bits per heavy atom. The van der Waals surface area contributed by atoms with E-state index in [2.05, 4.69) is 34.2 Å². The number of guanidine groups is 1. The Morgan fingerprint density at radius 2 is 1.72 bits per heavy atom. The lowest BCUT2D eigenvalue weighted by molar-refractivity contribution is 0.132. The molecular formula is C36H49N5OS. The van der Waals surface area contributed by atoms with E-state index in [0.717, 1.165) is 55.7 Å². The predicted molar refractivity (Wildman–Crippen MR) is 178 cm³/mol. The van der Waals surface area contributed by atoms with Crippen LogP contribution in [0, 0.1) is 12.8 Å². The summed E-state index contributed by atoms with van der Waals surface area (Å²) in [4.78, 5) is 14.9. The Hall–Kier alpha value is -2.90. The van der Waals surface area contributed by atoms with Gasteiger partial charge in [-0.2, -0.15) is 0 Å². The maximum Gasteiger partial charge on any atom is 0.197 e. The Balaban J connectivity index is 1.15. The van der Waals surface area contributed by atoms with Crippen molar-refractivity contribution in [1.29, 1.82) is 0 Å². The number of para-hydroxylation sites is 1. The van der Waals surface area contributed by atoms with Gasteiger partial charge in [0.1, 0.15) is 11.5 Å². The van der Waals surface area contributed by atoms with Gasteiger partial charge < -0.3 is 15.4 Å². The molecule has 0 saturated heterocycles. The van der Waals surface area contributed by atoms with Crippen LogP contribution in [0.2, 0.25) is 0 Å². The zero-order chi connectivity index (χ0) is 29.4. The topological polar surface area (TPSA) is 67.0 Å². The number of thiazole rings is 1. The fraction of sp³-hybridized carbons (Fsp3) is 0.556. The van der Waals surface area contributed by atoms with Gasteiger partial charge in [0.05, 0.1) is 16.4 Å². The normalized spacial score (nSPS) is 18.8. The van der Waals surface area contributed by atoms with Gasteiger partial charge in [-0.05, 0) is 88.2 Å². The third-order valence-corrected chi connectivity index (χ3v) is 10.7. The summed E-state index contributed by atoms with van der Waals surface area (Å²) in [6.07, 6.45) is 16.9. The maximum absolute atomic E-state index is 6.75. The van der Waals surface area contributed by atoms with Gasteiger partial charge in [0, 0.05) is 42.5 Å². The number of nitrogens with two attached hydrogens (primary N) is 1. The first-order valence-corrected chi connectivity index (χ1v) is 17.6. The molecule has 2 fully saturated rings. The fourth-order valence-electron chi connectivity index (χ4n) is 7.60. The molecule has 7 heteroatoms. The Kier molecular flexibility index (Phi) is 10.3. The zero-order valence-electron chi connectivity index (χ0n) is 25.9. The SMILES string of the molecule is Cc1nc(CCN(CCC[C@@H](C2CCCCC2)N2Cc3cc(Oc4ccccc4)ccc3N=C2N)C2CCCCC2)cs1. The van der Waals surface area contributed by atoms with Crippen molar-refractivity contribution in [2.45, 2.75) is 109 Å². The van der Waals surface area contributed by atoms with Crippen molar-refractivity contribution in [3.8, 4) is 11.5 Å². The number of rotatable bonds is 12. The largest absolute Gasteiger partial charge is 0.457 e. The molecule has 6 nitrogen and oxygen atoms in total. The molecule has 2 aromatic carbocycles. The van der Waals surface area contributed by atoms with E-state index in [0.29, 0.717) is 17.9 Å². The maximum atomic E-state index is 6.75. The van der Waals surface area contributed by atoms with Crippen LogP contribution in [-0.2, 0) is 13.0 Å². The number of aromatic nitrogens is 1. The van der Waals surface area contributed by atoms with Crippen LogP contribution in [-0.4, -0.2) is 45.9 Å². The number of benzene rings is 2. The highest BCUT2D eigenvalue weighted by molar-refractivity contribution is 7.09. The van der Waals surface area contributed by atoms with E-state index in [1.54, 1.807) is 11.3 Å². The van der Waals surface area contributed by atoms with Gasteiger partial charge >= 0.3 is 0 Å². The second kappa shape index (κ2) is 14.7. The second-order valence-corrected chi connectivity index (χ2v) is 13.9. The van der Waals surface area contributed by atoms with Crippen molar-refractivity contribution in [3.63, 3.8) is 0 Å². The number of aryl methyl sites for hydroxylation is 1.